The van der Waals surface area contributed by atoms with Gasteiger partial charge in [-0.3, -0.25) is 10.1 Å². The van der Waals surface area contributed by atoms with Crippen molar-refractivity contribution in [1.82, 2.24) is 4.98 Å². The molecule has 0 fully saturated rings. The summed E-state index contributed by atoms with van der Waals surface area (Å²) in [6.45, 7) is 0. The van der Waals surface area contributed by atoms with Crippen molar-refractivity contribution < 1.29 is 9.53 Å². The van der Waals surface area contributed by atoms with E-state index in [1.165, 1.54) is 22.8 Å². The number of carbonyl (C=O) groups excluding carboxylic acids is 1. The molecule has 0 aliphatic rings. The van der Waals surface area contributed by atoms with Gasteiger partial charge in [-0.2, -0.15) is 0 Å². The molecule has 0 saturated heterocycles. The Morgan fingerprint density at radius 2 is 1.90 bits per heavy atom. The minimum Gasteiger partial charge on any atom is -0.495 e. The van der Waals surface area contributed by atoms with E-state index >= 15 is 0 Å². The number of benzene rings is 3. The molecule has 0 aliphatic heterocycles. The van der Waals surface area contributed by atoms with Crippen LogP contribution < -0.4 is 10.1 Å². The molecular weight excluding hydrogens is 528 g/mol. The van der Waals surface area contributed by atoms with Gasteiger partial charge in [-0.15, -0.1) is 11.3 Å². The molecule has 1 amide bonds. The monoisotopic (exact) mass is 542 g/mol. The highest BCUT2D eigenvalue weighted by Crippen LogP contribution is 2.33. The predicted molar refractivity (Wildman–Crippen MR) is 131 cm³/mol. The molecule has 0 atom stereocenters. The fourth-order valence-corrected chi connectivity index (χ4v) is 5.19. The zero-order chi connectivity index (χ0) is 21.1. The molecule has 0 spiro atoms. The topological polar surface area (TPSA) is 51.2 Å². The van der Waals surface area contributed by atoms with Crippen molar-refractivity contribution in [2.45, 2.75) is 0 Å². The number of methoxy groups -OCH3 is 1. The van der Waals surface area contributed by atoms with Crippen molar-refractivity contribution in [3.05, 3.63) is 80.6 Å². The predicted octanol–water partition coefficient (Wildman–Crippen LogP) is 7.15. The normalized spacial score (nSPS) is 11.2. The first-order valence-corrected chi connectivity index (χ1v) is 11.5. The van der Waals surface area contributed by atoms with Crippen LogP contribution in [0.4, 0.5) is 5.13 Å². The van der Waals surface area contributed by atoms with E-state index < -0.39 is 0 Å². The van der Waals surface area contributed by atoms with E-state index in [4.69, 9.17) is 4.74 Å². The second-order valence-corrected chi connectivity index (χ2v) is 9.06. The lowest BCUT2D eigenvalue weighted by atomic mass is 10.1. The smallest absolute Gasteiger partial charge is 0.250 e. The summed E-state index contributed by atoms with van der Waals surface area (Å²) in [4.78, 5) is 16.9. The highest BCUT2D eigenvalue weighted by molar-refractivity contribution is 9.11. The first-order valence-electron chi connectivity index (χ1n) is 9.00. The molecule has 4 rings (SSSR count). The molecule has 4 nitrogen and oxygen atoms in total. The number of hydrogen-bond donors (Lipinski definition) is 1. The number of rotatable bonds is 5. The Morgan fingerprint density at radius 1 is 1.10 bits per heavy atom. The van der Waals surface area contributed by atoms with Crippen molar-refractivity contribution in [3.63, 3.8) is 0 Å². The van der Waals surface area contributed by atoms with E-state index in [2.05, 4.69) is 66.4 Å². The van der Waals surface area contributed by atoms with Gasteiger partial charge in [0.05, 0.1) is 17.3 Å². The fourth-order valence-electron chi connectivity index (χ4n) is 3.04. The Morgan fingerprint density at radius 3 is 2.70 bits per heavy atom. The summed E-state index contributed by atoms with van der Waals surface area (Å²) in [5.74, 6) is 0.405. The molecule has 3 aromatic carbocycles. The maximum absolute atomic E-state index is 12.4. The molecule has 0 aliphatic carbocycles. The summed E-state index contributed by atoms with van der Waals surface area (Å²) in [6.07, 6.45) is 3.18. The van der Waals surface area contributed by atoms with Crippen molar-refractivity contribution in [2.24, 2.45) is 0 Å². The standard InChI is InChI=1S/C23H16Br2N2O2S/c1-29-22-17(11-18(24)12-19(22)25)8-9-21(28)27-23-26-20(13-30-23)16-7-6-14-4-2-3-5-15(14)10-16/h2-13H,1H3,(H,26,27,28)/b9-8+. The number of nitrogens with zero attached hydrogens (tertiary/aromatic N) is 1. The third-order valence-corrected chi connectivity index (χ3v) is 6.24. The lowest BCUT2D eigenvalue weighted by molar-refractivity contribution is -0.111. The van der Waals surface area contributed by atoms with Gasteiger partial charge in [0, 0.05) is 27.1 Å². The van der Waals surface area contributed by atoms with E-state index in [0.717, 1.165) is 31.2 Å². The first kappa shape index (κ1) is 20.8. The maximum atomic E-state index is 12.4. The zero-order valence-corrected chi connectivity index (χ0v) is 19.8. The SMILES string of the molecule is COc1c(Br)cc(Br)cc1/C=C/C(=O)Nc1nc(-c2ccc3ccccc3c2)cs1. The van der Waals surface area contributed by atoms with E-state index in [-0.39, 0.29) is 5.91 Å². The maximum Gasteiger partial charge on any atom is 0.250 e. The molecule has 4 aromatic rings. The van der Waals surface area contributed by atoms with Crippen LogP contribution in [0.3, 0.4) is 0 Å². The number of nitrogens with one attached hydrogen (secondary N) is 1. The number of anilines is 1. The molecule has 1 heterocycles. The van der Waals surface area contributed by atoms with Crippen molar-refractivity contribution in [1.29, 1.82) is 0 Å². The number of hydrogen-bond acceptors (Lipinski definition) is 4. The Hall–Kier alpha value is -2.48. The third kappa shape index (κ3) is 4.64. The Kier molecular flexibility index (Phi) is 6.32. The van der Waals surface area contributed by atoms with Crippen LogP contribution in [0.15, 0.2) is 75.0 Å². The largest absolute Gasteiger partial charge is 0.495 e. The summed E-state index contributed by atoms with van der Waals surface area (Å²) >= 11 is 8.31. The number of ether oxygens (including phenoxy) is 1. The van der Waals surface area contributed by atoms with Gasteiger partial charge in [0.15, 0.2) is 5.13 Å². The van der Waals surface area contributed by atoms with Gasteiger partial charge in [0.25, 0.3) is 0 Å². The van der Waals surface area contributed by atoms with Crippen LogP contribution in [0.2, 0.25) is 0 Å². The summed E-state index contributed by atoms with van der Waals surface area (Å²) in [5.41, 5.74) is 2.64. The Labute approximate surface area is 194 Å². The van der Waals surface area contributed by atoms with E-state index in [9.17, 15) is 4.79 Å². The van der Waals surface area contributed by atoms with Gasteiger partial charge in [0.1, 0.15) is 5.75 Å². The van der Waals surface area contributed by atoms with Gasteiger partial charge in [-0.25, -0.2) is 4.98 Å². The molecule has 0 unspecified atom stereocenters. The number of fused-ring (bicyclic) bond motifs is 1. The van der Waals surface area contributed by atoms with Crippen LogP contribution in [0, 0.1) is 0 Å². The van der Waals surface area contributed by atoms with Crippen molar-refractivity contribution in [2.75, 3.05) is 12.4 Å². The van der Waals surface area contributed by atoms with Crippen LogP contribution in [-0.4, -0.2) is 18.0 Å². The molecule has 0 saturated carbocycles. The van der Waals surface area contributed by atoms with E-state index in [1.807, 2.05) is 35.7 Å². The molecule has 0 radical (unpaired) electrons. The molecule has 1 aromatic heterocycles. The minimum atomic E-state index is -0.257. The number of thiazole rings is 1. The van der Waals surface area contributed by atoms with Crippen LogP contribution >= 0.6 is 43.2 Å². The average molecular weight is 544 g/mol. The van der Waals surface area contributed by atoms with E-state index in [0.29, 0.717) is 10.9 Å². The minimum absolute atomic E-state index is 0.257. The molecular formula is C23H16Br2N2O2S. The zero-order valence-electron chi connectivity index (χ0n) is 15.9. The van der Waals surface area contributed by atoms with Crippen molar-refractivity contribution >= 4 is 71.1 Å². The lowest BCUT2D eigenvalue weighted by Crippen LogP contribution is -2.07. The third-order valence-electron chi connectivity index (χ3n) is 4.44. The Balaban J connectivity index is 1.50. The molecule has 7 heteroatoms. The second kappa shape index (κ2) is 9.12. The fraction of sp³-hybridized carbons (Fsp3) is 0.0435. The summed E-state index contributed by atoms with van der Waals surface area (Å²) in [6, 6.07) is 18.2. The lowest BCUT2D eigenvalue weighted by Gasteiger charge is -2.08. The van der Waals surface area contributed by atoms with Gasteiger partial charge >= 0.3 is 0 Å². The quantitative estimate of drug-likeness (QED) is 0.272. The summed E-state index contributed by atoms with van der Waals surface area (Å²) < 4.78 is 7.09. The van der Waals surface area contributed by atoms with Crippen molar-refractivity contribution in [3.8, 4) is 17.0 Å². The average Bonchev–Trinajstić information content (AvgIpc) is 3.20. The first-order chi connectivity index (χ1) is 14.5. The Bertz CT molecular complexity index is 1270. The summed E-state index contributed by atoms with van der Waals surface area (Å²) in [5, 5.41) is 7.66. The van der Waals surface area contributed by atoms with Crippen LogP contribution in [0.5, 0.6) is 5.75 Å². The van der Waals surface area contributed by atoms with Gasteiger partial charge in [-0.05, 0) is 51.0 Å². The second-order valence-electron chi connectivity index (χ2n) is 6.43. The molecule has 30 heavy (non-hydrogen) atoms. The number of halogens is 2. The van der Waals surface area contributed by atoms with Gasteiger partial charge in [0.2, 0.25) is 5.91 Å². The number of aromatic nitrogens is 1. The van der Waals surface area contributed by atoms with Gasteiger partial charge in [-0.1, -0.05) is 52.3 Å². The highest BCUT2D eigenvalue weighted by Gasteiger charge is 2.09. The van der Waals surface area contributed by atoms with Crippen LogP contribution in [0.1, 0.15) is 5.56 Å². The van der Waals surface area contributed by atoms with Crippen LogP contribution in [0.25, 0.3) is 28.1 Å². The molecule has 1 N–H and O–H groups in total. The van der Waals surface area contributed by atoms with E-state index in [1.54, 1.807) is 13.2 Å². The number of carbonyl (C=O) groups is 1. The molecule has 0 bridgehead atoms. The number of amides is 1. The van der Waals surface area contributed by atoms with Gasteiger partial charge < -0.3 is 4.74 Å². The van der Waals surface area contributed by atoms with Crippen LogP contribution in [-0.2, 0) is 4.79 Å². The summed E-state index contributed by atoms with van der Waals surface area (Å²) in [7, 11) is 1.59. The highest BCUT2D eigenvalue weighted by atomic mass is 79.9. The molecule has 150 valence electrons.